The Balaban J connectivity index is 3.64. The zero-order valence-corrected chi connectivity index (χ0v) is 38.3. The van der Waals surface area contributed by atoms with Crippen molar-refractivity contribution in [3.8, 4) is 0 Å². The van der Waals surface area contributed by atoms with Gasteiger partial charge in [-0.2, -0.15) is 0 Å². The van der Waals surface area contributed by atoms with Gasteiger partial charge in [0.15, 0.2) is 0 Å². The maximum atomic E-state index is 12.1. The lowest BCUT2D eigenvalue weighted by Crippen LogP contribution is -2.27. The molecule has 0 fully saturated rings. The van der Waals surface area contributed by atoms with Gasteiger partial charge in [-0.1, -0.05) is 170 Å². The second kappa shape index (κ2) is 45.0. The number of aliphatic hydroxyl groups excluding tert-OH is 1. The van der Waals surface area contributed by atoms with Gasteiger partial charge in [0.1, 0.15) is 12.7 Å². The molecule has 1 amide bonds. The molecule has 2 unspecified atom stereocenters. The van der Waals surface area contributed by atoms with Gasteiger partial charge in [-0.15, -0.1) is 0 Å². The number of aliphatic hydroxyl groups is 1. The quantitative estimate of drug-likeness (QED) is 0.0239. The Morgan fingerprint density at radius 3 is 1.47 bits per heavy atom. The molecule has 0 rings (SSSR count). The normalized spacial score (nSPS) is 13.9. The highest BCUT2D eigenvalue weighted by atomic mass is 31.2. The van der Waals surface area contributed by atoms with E-state index >= 15 is 0 Å². The highest BCUT2D eigenvalue weighted by Crippen LogP contribution is 2.42. The second-order valence-corrected chi connectivity index (χ2v) is 16.8. The first-order chi connectivity index (χ1) is 28.8. The maximum Gasteiger partial charge on any atom is 0.472 e. The Morgan fingerprint density at radius 2 is 0.966 bits per heavy atom. The van der Waals surface area contributed by atoms with E-state index in [-0.39, 0.29) is 32.1 Å². The van der Waals surface area contributed by atoms with Crippen LogP contribution in [0.3, 0.4) is 0 Å². The van der Waals surface area contributed by atoms with Crippen LogP contribution in [-0.4, -0.2) is 54.3 Å². The molecule has 0 aromatic rings. The molecule has 0 aliphatic rings. The molecule has 9 nitrogen and oxygen atoms in total. The summed E-state index contributed by atoms with van der Waals surface area (Å²) >= 11 is 0. The van der Waals surface area contributed by atoms with Gasteiger partial charge in [0.25, 0.3) is 0 Å². The number of phosphoric acid groups is 1. The van der Waals surface area contributed by atoms with Gasteiger partial charge in [-0.3, -0.25) is 18.6 Å². The van der Waals surface area contributed by atoms with Crippen LogP contribution in [-0.2, 0) is 27.9 Å². The van der Waals surface area contributed by atoms with Crippen molar-refractivity contribution in [1.29, 1.82) is 0 Å². The highest BCUT2D eigenvalue weighted by molar-refractivity contribution is 7.47. The number of ether oxygens (including phenoxy) is 1. The number of amides is 1. The molecule has 0 heterocycles. The van der Waals surface area contributed by atoms with E-state index in [4.69, 9.17) is 13.8 Å². The number of esters is 1. The third-order valence-corrected chi connectivity index (χ3v) is 10.6. The zero-order chi connectivity index (χ0) is 43.2. The van der Waals surface area contributed by atoms with Crippen molar-refractivity contribution in [2.24, 2.45) is 0 Å². The molecular formula is C49H86NO8P. The topological polar surface area (TPSA) is 131 Å². The smallest absolute Gasteiger partial charge is 0.463 e. The van der Waals surface area contributed by atoms with E-state index in [1.165, 1.54) is 64.2 Å². The van der Waals surface area contributed by atoms with Crippen LogP contribution in [0.15, 0.2) is 72.9 Å². The minimum atomic E-state index is -4.43. The number of hydrogen-bond acceptors (Lipinski definition) is 7. The Kier molecular flexibility index (Phi) is 43.0. The average Bonchev–Trinajstić information content (AvgIpc) is 3.22. The van der Waals surface area contributed by atoms with E-state index < -0.39 is 26.5 Å². The molecule has 0 aliphatic carbocycles. The lowest BCUT2D eigenvalue weighted by Gasteiger charge is -2.15. The van der Waals surface area contributed by atoms with Crippen LogP contribution in [0.1, 0.15) is 194 Å². The summed E-state index contributed by atoms with van der Waals surface area (Å²) in [5, 5.41) is 12.7. The minimum absolute atomic E-state index is 0.0666. The maximum absolute atomic E-state index is 12.1. The van der Waals surface area contributed by atoms with Crippen LogP contribution in [0, 0.1) is 0 Å². The predicted octanol–water partition coefficient (Wildman–Crippen LogP) is 13.4. The SMILES string of the molecule is CC/C=C\C/C=C\C/C=C\C/C=C\C/C=C\CCCCCCCC(=O)NCCOP(=O)(O)OCC(O)COC(=O)CCCCCCCCC/C=C\CCCCCCCC. The average molecular weight is 848 g/mol. The molecule has 0 aliphatic heterocycles. The first-order valence-electron chi connectivity index (χ1n) is 23.4. The first-order valence-corrected chi connectivity index (χ1v) is 24.9. The van der Waals surface area contributed by atoms with E-state index in [1.807, 2.05) is 0 Å². The fourth-order valence-electron chi connectivity index (χ4n) is 6.11. The standard InChI is InChI=1S/C49H86NO8P/c1-3-5-7-9-11-13-15-17-19-21-22-23-24-26-27-29-31-33-35-37-39-41-48(52)50-43-44-57-59(54,55)58-46-47(51)45-56-49(53)42-40-38-36-34-32-30-28-25-20-18-16-14-12-10-8-6-4-2/h5,7,11,13,17-20,22-23,26-27,47,51H,3-4,6,8-10,12,14-16,21,24-25,28-46H2,1-2H3,(H,50,52)(H,54,55)/b7-5-,13-11-,19-17-,20-18-,23-22-,27-26-. The lowest BCUT2D eigenvalue weighted by atomic mass is 10.1. The second-order valence-electron chi connectivity index (χ2n) is 15.3. The van der Waals surface area contributed by atoms with Crippen molar-refractivity contribution < 1.29 is 37.9 Å². The fraction of sp³-hybridized carbons (Fsp3) is 0.714. The van der Waals surface area contributed by atoms with Gasteiger partial charge in [-0.25, -0.2) is 4.57 Å². The number of nitrogens with one attached hydrogen (secondary N) is 1. The van der Waals surface area contributed by atoms with Crippen LogP contribution in [0.25, 0.3) is 0 Å². The van der Waals surface area contributed by atoms with E-state index in [0.29, 0.717) is 6.42 Å². The van der Waals surface area contributed by atoms with Gasteiger partial charge in [0.05, 0.1) is 13.2 Å². The lowest BCUT2D eigenvalue weighted by molar-refractivity contribution is -0.147. The number of hydrogen-bond donors (Lipinski definition) is 3. The number of unbranched alkanes of at least 4 members (excludes halogenated alkanes) is 18. The number of carbonyl (C=O) groups is 2. The van der Waals surface area contributed by atoms with Gasteiger partial charge in [0.2, 0.25) is 5.91 Å². The molecule has 0 radical (unpaired) electrons. The van der Waals surface area contributed by atoms with E-state index in [2.05, 4.69) is 92.1 Å². The van der Waals surface area contributed by atoms with Crippen LogP contribution >= 0.6 is 7.82 Å². The predicted molar refractivity (Wildman–Crippen MR) is 247 cm³/mol. The van der Waals surface area contributed by atoms with E-state index in [9.17, 15) is 24.2 Å². The number of allylic oxidation sites excluding steroid dienone is 12. The van der Waals surface area contributed by atoms with Crippen LogP contribution in [0.4, 0.5) is 0 Å². The summed E-state index contributed by atoms with van der Waals surface area (Å²) in [7, 11) is -4.43. The minimum Gasteiger partial charge on any atom is -0.463 e. The Labute approximate surface area is 360 Å². The molecule has 3 N–H and O–H groups in total. The van der Waals surface area contributed by atoms with Crippen LogP contribution < -0.4 is 5.32 Å². The van der Waals surface area contributed by atoms with Crippen molar-refractivity contribution in [2.75, 3.05) is 26.4 Å². The number of phosphoric ester groups is 1. The molecule has 0 saturated heterocycles. The molecule has 340 valence electrons. The van der Waals surface area contributed by atoms with Crippen molar-refractivity contribution in [3.63, 3.8) is 0 Å². The Bertz CT molecular complexity index is 1190. The number of carbonyl (C=O) groups excluding carboxylic acids is 2. The molecule has 0 bridgehead atoms. The Hall–Kier alpha value is -2.55. The van der Waals surface area contributed by atoms with Crippen molar-refractivity contribution in [2.45, 2.75) is 200 Å². The highest BCUT2D eigenvalue weighted by Gasteiger charge is 2.23. The summed E-state index contributed by atoms with van der Waals surface area (Å²) in [5.41, 5.74) is 0. The van der Waals surface area contributed by atoms with Crippen molar-refractivity contribution >= 4 is 19.7 Å². The molecule has 2 atom stereocenters. The summed E-state index contributed by atoms with van der Waals surface area (Å²) in [5.74, 6) is -0.542. The molecule has 0 aromatic carbocycles. The first kappa shape index (κ1) is 56.5. The van der Waals surface area contributed by atoms with E-state index in [0.717, 1.165) is 103 Å². The van der Waals surface area contributed by atoms with Crippen molar-refractivity contribution in [3.05, 3.63) is 72.9 Å². The summed E-state index contributed by atoms with van der Waals surface area (Å²) in [6.45, 7) is 3.41. The molecule has 0 spiro atoms. The largest absolute Gasteiger partial charge is 0.472 e. The molecular weight excluding hydrogens is 762 g/mol. The summed E-state index contributed by atoms with van der Waals surface area (Å²) in [6, 6.07) is 0. The summed E-state index contributed by atoms with van der Waals surface area (Å²) < 4.78 is 26.9. The molecule has 0 saturated carbocycles. The molecule has 10 heteroatoms. The van der Waals surface area contributed by atoms with Crippen molar-refractivity contribution in [1.82, 2.24) is 5.32 Å². The van der Waals surface area contributed by atoms with E-state index in [1.54, 1.807) is 0 Å². The third-order valence-electron chi connectivity index (χ3n) is 9.62. The van der Waals surface area contributed by atoms with Gasteiger partial charge in [-0.05, 0) is 83.5 Å². The number of rotatable bonds is 43. The van der Waals surface area contributed by atoms with Gasteiger partial charge in [0, 0.05) is 19.4 Å². The zero-order valence-electron chi connectivity index (χ0n) is 37.4. The summed E-state index contributed by atoms with van der Waals surface area (Å²) in [4.78, 5) is 34.0. The van der Waals surface area contributed by atoms with Gasteiger partial charge < -0.3 is 20.1 Å². The van der Waals surface area contributed by atoms with Crippen LogP contribution in [0.5, 0.6) is 0 Å². The van der Waals surface area contributed by atoms with Gasteiger partial charge >= 0.3 is 13.8 Å². The molecule has 59 heavy (non-hydrogen) atoms. The monoisotopic (exact) mass is 848 g/mol. The van der Waals surface area contributed by atoms with Crippen LogP contribution in [0.2, 0.25) is 0 Å². The third kappa shape index (κ3) is 46.4. The summed E-state index contributed by atoms with van der Waals surface area (Å²) in [6.07, 6.45) is 55.4. The Morgan fingerprint density at radius 1 is 0.542 bits per heavy atom. The fourth-order valence-corrected chi connectivity index (χ4v) is 6.86. The molecule has 0 aromatic heterocycles.